The van der Waals surface area contributed by atoms with E-state index < -0.39 is 0 Å². The van der Waals surface area contributed by atoms with Crippen LogP contribution < -0.4 is 5.32 Å². The van der Waals surface area contributed by atoms with E-state index in [1.54, 1.807) is 28.4 Å². The highest BCUT2D eigenvalue weighted by molar-refractivity contribution is 7.09. The van der Waals surface area contributed by atoms with Crippen molar-refractivity contribution in [2.45, 2.75) is 26.4 Å². The smallest absolute Gasteiger partial charge is 0.107 e. The third kappa shape index (κ3) is 3.80. The fourth-order valence-electron chi connectivity index (χ4n) is 1.47. The molecule has 0 amide bonds. The van der Waals surface area contributed by atoms with Gasteiger partial charge in [0.1, 0.15) is 5.01 Å². The number of nitrogens with one attached hydrogen (secondary N) is 1. The molecular weight excluding hydrogens is 256 g/mol. The Bertz CT molecular complexity index is 465. The van der Waals surface area contributed by atoms with Crippen molar-refractivity contribution in [1.29, 1.82) is 0 Å². The number of rotatable bonds is 6. The summed E-state index contributed by atoms with van der Waals surface area (Å²) < 4.78 is 1.79. The van der Waals surface area contributed by atoms with Gasteiger partial charge in [-0.2, -0.15) is 5.10 Å². The molecule has 0 fully saturated rings. The van der Waals surface area contributed by atoms with Crippen molar-refractivity contribution >= 4 is 22.9 Å². The second-order valence-electron chi connectivity index (χ2n) is 3.77. The standard InChI is InChI=1S/C11H15ClN4S/c1-2-3-13-5-11-15-10(8-17-11)7-16-6-9(12)4-14-16/h4,6,8,13H,2-3,5,7H2,1H3. The Hall–Kier alpha value is -0.910. The summed E-state index contributed by atoms with van der Waals surface area (Å²) in [7, 11) is 0. The molecule has 0 aliphatic carbocycles. The van der Waals surface area contributed by atoms with Gasteiger partial charge in [-0.25, -0.2) is 4.98 Å². The molecule has 0 spiro atoms. The molecule has 0 saturated carbocycles. The zero-order valence-corrected chi connectivity index (χ0v) is 11.3. The molecule has 92 valence electrons. The van der Waals surface area contributed by atoms with Crippen molar-refractivity contribution in [3.63, 3.8) is 0 Å². The van der Waals surface area contributed by atoms with Crippen LogP contribution in [0.15, 0.2) is 17.8 Å². The SMILES string of the molecule is CCCNCc1nc(Cn2cc(Cl)cn2)cs1. The lowest BCUT2D eigenvalue weighted by molar-refractivity contribution is 0.656. The van der Waals surface area contributed by atoms with Crippen molar-refractivity contribution in [3.05, 3.63) is 33.5 Å². The van der Waals surface area contributed by atoms with Gasteiger partial charge in [0.15, 0.2) is 0 Å². The predicted octanol–water partition coefficient (Wildman–Crippen LogP) is 2.54. The molecule has 0 unspecified atom stereocenters. The Labute approximate surface area is 110 Å². The quantitative estimate of drug-likeness (QED) is 0.821. The highest BCUT2D eigenvalue weighted by Crippen LogP contribution is 2.12. The van der Waals surface area contributed by atoms with E-state index >= 15 is 0 Å². The first-order valence-corrected chi connectivity index (χ1v) is 6.85. The molecule has 2 aromatic rings. The highest BCUT2D eigenvalue weighted by atomic mass is 35.5. The summed E-state index contributed by atoms with van der Waals surface area (Å²) in [6.07, 6.45) is 4.58. The molecule has 2 heterocycles. The molecule has 1 N–H and O–H groups in total. The Morgan fingerprint density at radius 1 is 1.53 bits per heavy atom. The van der Waals surface area contributed by atoms with Gasteiger partial charge in [0.2, 0.25) is 0 Å². The van der Waals surface area contributed by atoms with Gasteiger partial charge in [-0.15, -0.1) is 11.3 Å². The molecule has 6 heteroatoms. The number of thiazole rings is 1. The van der Waals surface area contributed by atoms with Gasteiger partial charge in [-0.3, -0.25) is 4.68 Å². The Morgan fingerprint density at radius 2 is 2.41 bits per heavy atom. The molecule has 0 atom stereocenters. The van der Waals surface area contributed by atoms with Gasteiger partial charge < -0.3 is 5.32 Å². The van der Waals surface area contributed by atoms with Gasteiger partial charge in [0.05, 0.1) is 23.5 Å². The molecule has 2 rings (SSSR count). The van der Waals surface area contributed by atoms with Crippen LogP contribution in [0.1, 0.15) is 24.0 Å². The minimum atomic E-state index is 0.657. The van der Waals surface area contributed by atoms with E-state index in [0.717, 1.165) is 30.2 Å². The van der Waals surface area contributed by atoms with E-state index in [2.05, 4.69) is 27.7 Å². The maximum absolute atomic E-state index is 5.81. The Kier molecular flexibility index (Phi) is 4.53. The minimum absolute atomic E-state index is 0.657. The lowest BCUT2D eigenvalue weighted by atomic mass is 10.4. The number of hydrogen-bond donors (Lipinski definition) is 1. The maximum Gasteiger partial charge on any atom is 0.107 e. The Balaban J connectivity index is 1.89. The number of halogens is 1. The third-order valence-electron chi connectivity index (χ3n) is 2.23. The van der Waals surface area contributed by atoms with Crippen LogP contribution in [0.3, 0.4) is 0 Å². The topological polar surface area (TPSA) is 42.7 Å². The maximum atomic E-state index is 5.81. The summed E-state index contributed by atoms with van der Waals surface area (Å²) in [6.45, 7) is 4.71. The molecule has 17 heavy (non-hydrogen) atoms. The van der Waals surface area contributed by atoms with E-state index in [-0.39, 0.29) is 0 Å². The van der Waals surface area contributed by atoms with Crippen LogP contribution in [-0.2, 0) is 13.1 Å². The summed E-state index contributed by atoms with van der Waals surface area (Å²) in [4.78, 5) is 4.54. The van der Waals surface area contributed by atoms with Gasteiger partial charge in [0, 0.05) is 18.1 Å². The first-order chi connectivity index (χ1) is 8.28. The molecule has 0 saturated heterocycles. The van der Waals surface area contributed by atoms with Crippen LogP contribution in [0.2, 0.25) is 5.02 Å². The van der Waals surface area contributed by atoms with Crippen molar-refractivity contribution < 1.29 is 0 Å². The zero-order valence-electron chi connectivity index (χ0n) is 9.69. The second-order valence-corrected chi connectivity index (χ2v) is 5.14. The summed E-state index contributed by atoms with van der Waals surface area (Å²) in [5.74, 6) is 0. The first kappa shape index (κ1) is 12.5. The monoisotopic (exact) mass is 270 g/mol. The molecule has 0 aliphatic rings. The molecule has 4 nitrogen and oxygen atoms in total. The fourth-order valence-corrected chi connectivity index (χ4v) is 2.38. The third-order valence-corrected chi connectivity index (χ3v) is 3.32. The largest absolute Gasteiger partial charge is 0.310 e. The van der Waals surface area contributed by atoms with Crippen molar-refractivity contribution in [2.24, 2.45) is 0 Å². The van der Waals surface area contributed by atoms with E-state index in [4.69, 9.17) is 11.6 Å². The minimum Gasteiger partial charge on any atom is -0.310 e. The van der Waals surface area contributed by atoms with Crippen LogP contribution in [0.5, 0.6) is 0 Å². The molecule has 0 bridgehead atoms. The van der Waals surface area contributed by atoms with Crippen LogP contribution in [0, 0.1) is 0 Å². The first-order valence-electron chi connectivity index (χ1n) is 5.60. The lowest BCUT2D eigenvalue weighted by Crippen LogP contribution is -2.13. The fraction of sp³-hybridized carbons (Fsp3) is 0.455. The van der Waals surface area contributed by atoms with Crippen molar-refractivity contribution in [2.75, 3.05) is 6.54 Å². The molecular formula is C11H15ClN4S. The predicted molar refractivity (Wildman–Crippen MR) is 70.5 cm³/mol. The van der Waals surface area contributed by atoms with Crippen LogP contribution >= 0.6 is 22.9 Å². The molecule has 0 aromatic carbocycles. The summed E-state index contributed by atoms with van der Waals surface area (Å²) in [5, 5.41) is 11.3. The normalized spacial score (nSPS) is 10.9. The van der Waals surface area contributed by atoms with E-state index in [0.29, 0.717) is 11.6 Å². The van der Waals surface area contributed by atoms with E-state index in [1.165, 1.54) is 0 Å². The van der Waals surface area contributed by atoms with E-state index in [1.807, 2.05) is 0 Å². The van der Waals surface area contributed by atoms with Crippen molar-refractivity contribution in [1.82, 2.24) is 20.1 Å². The molecule has 2 aromatic heterocycles. The van der Waals surface area contributed by atoms with Gasteiger partial charge in [-0.1, -0.05) is 18.5 Å². The van der Waals surface area contributed by atoms with Crippen molar-refractivity contribution in [3.8, 4) is 0 Å². The summed E-state index contributed by atoms with van der Waals surface area (Å²) in [6, 6.07) is 0. The number of aromatic nitrogens is 3. The molecule has 0 aliphatic heterocycles. The Morgan fingerprint density at radius 3 is 3.12 bits per heavy atom. The van der Waals surface area contributed by atoms with Crippen LogP contribution in [-0.4, -0.2) is 21.3 Å². The molecule has 0 radical (unpaired) electrons. The average molecular weight is 271 g/mol. The number of nitrogens with zero attached hydrogens (tertiary/aromatic N) is 3. The highest BCUT2D eigenvalue weighted by Gasteiger charge is 2.03. The summed E-state index contributed by atoms with van der Waals surface area (Å²) in [5.41, 5.74) is 1.03. The lowest BCUT2D eigenvalue weighted by Gasteiger charge is -1.98. The van der Waals surface area contributed by atoms with Crippen LogP contribution in [0.4, 0.5) is 0 Å². The van der Waals surface area contributed by atoms with Gasteiger partial charge >= 0.3 is 0 Å². The average Bonchev–Trinajstić information content (AvgIpc) is 2.90. The zero-order chi connectivity index (χ0) is 12.1. The van der Waals surface area contributed by atoms with Crippen LogP contribution in [0.25, 0.3) is 0 Å². The number of hydrogen-bond acceptors (Lipinski definition) is 4. The van der Waals surface area contributed by atoms with Gasteiger partial charge in [0.25, 0.3) is 0 Å². The van der Waals surface area contributed by atoms with Gasteiger partial charge in [-0.05, 0) is 13.0 Å². The summed E-state index contributed by atoms with van der Waals surface area (Å²) >= 11 is 7.48. The van der Waals surface area contributed by atoms with E-state index in [9.17, 15) is 0 Å². The second kappa shape index (κ2) is 6.14.